The molecule has 10 aromatic rings. The van der Waals surface area contributed by atoms with Crippen molar-refractivity contribution < 1.29 is 54.6 Å². The molecule has 2 amide bonds. The maximum Gasteiger partial charge on any atom is 0.340 e. The number of hydrogen-bond acceptors (Lipinski definition) is 16. The van der Waals surface area contributed by atoms with Crippen LogP contribution in [-0.4, -0.2) is 113 Å². The molecule has 4 heterocycles. The zero-order valence-corrected chi connectivity index (χ0v) is 42.1. The lowest BCUT2D eigenvalue weighted by molar-refractivity contribution is -0.734. The van der Waals surface area contributed by atoms with E-state index in [9.17, 15) is 22.2 Å². The number of para-hydroxylation sites is 2. The van der Waals surface area contributed by atoms with E-state index in [1.54, 1.807) is 81.9 Å². The van der Waals surface area contributed by atoms with Crippen LogP contribution in [0.15, 0.2) is 133 Å². The lowest BCUT2D eigenvalue weighted by Crippen LogP contribution is -2.43. The van der Waals surface area contributed by atoms with E-state index < -0.39 is 39.0 Å². The first-order chi connectivity index (χ1) is 35.8. The van der Waals surface area contributed by atoms with E-state index in [0.717, 1.165) is 31.6 Å². The zero-order chi connectivity index (χ0) is 51.5. The van der Waals surface area contributed by atoms with Crippen LogP contribution in [0.5, 0.6) is 11.5 Å². The monoisotopic (exact) mass is 1070 g/mol. The standard InChI is InChI=1S/C48H38N12O10S4/c1-68-39-27-33(19-21-37(39)57-53-43(55-59(57)47-51-35-7-3-5-9-41(35)71-47)29-11-15-31(16-12-29)45(61)49-23-25-70-73(63)64)34-20-22-38(40(28-34)69-2)58-54-44(56-60(58)48-52-36-8-4-6-10-42(36)72-48)30-13-17-32(18-14-30)46(62)50-24-26-74(65,66)67/h3-22,27-28H,23-26H2,1-2H3,(H2-2,49,50,61,62,63,64,65,66,67)/p+2. The summed E-state index contributed by atoms with van der Waals surface area (Å²) < 4.78 is 69.5. The molecular formula is C48H40N12O10S4+2. The van der Waals surface area contributed by atoms with Crippen molar-refractivity contribution in [1.29, 1.82) is 0 Å². The van der Waals surface area contributed by atoms with Gasteiger partial charge < -0.3 is 20.1 Å². The largest absolute Gasteiger partial charge is 0.492 e. The minimum Gasteiger partial charge on any atom is -0.492 e. The highest BCUT2D eigenvalue weighted by molar-refractivity contribution is 7.85. The number of methoxy groups -OCH3 is 2. The number of carbonyl (C=O) groups excluding carboxylic acids is 2. The Morgan fingerprint density at radius 3 is 1.49 bits per heavy atom. The molecule has 4 N–H and O–H groups in total. The third-order valence-electron chi connectivity index (χ3n) is 11.2. The van der Waals surface area contributed by atoms with Crippen LogP contribution in [0.2, 0.25) is 0 Å². The molecule has 0 aliphatic carbocycles. The van der Waals surface area contributed by atoms with Crippen LogP contribution in [0.25, 0.3) is 76.0 Å². The van der Waals surface area contributed by atoms with E-state index in [1.165, 1.54) is 22.7 Å². The minimum absolute atomic E-state index is 0.0366. The molecule has 374 valence electrons. The number of aromatic nitrogens is 10. The van der Waals surface area contributed by atoms with Gasteiger partial charge in [-0.3, -0.25) is 22.9 Å². The Morgan fingerprint density at radius 1 is 0.635 bits per heavy atom. The summed E-state index contributed by atoms with van der Waals surface area (Å²) in [5.41, 5.74) is 5.96. The van der Waals surface area contributed by atoms with Crippen molar-refractivity contribution in [2.75, 3.05) is 39.7 Å². The SMILES string of the molecule is COc1cc(-c2ccc(-[n+]3nc(-c4ccc(C(=O)NCCS(=O)(=O)O)cc4)nn3-c3nc4ccccc4s3)c(OC)c2)ccc1-[n+]1nc(-c2ccc(C(=O)NCCOS(=O)O)cc2)nn1-c1nc2ccccc2s1. The fraction of sp³-hybridized carbons (Fsp3) is 0.125. The van der Waals surface area contributed by atoms with Gasteiger partial charge in [0.15, 0.2) is 11.5 Å². The first-order valence-electron chi connectivity index (χ1n) is 22.2. The van der Waals surface area contributed by atoms with E-state index in [0.29, 0.717) is 61.5 Å². The molecule has 4 aromatic heterocycles. The third-order valence-corrected chi connectivity index (χ3v) is 14.3. The highest BCUT2D eigenvalue weighted by Gasteiger charge is 2.31. The fourth-order valence-corrected chi connectivity index (χ4v) is 10.0. The minimum atomic E-state index is -4.24. The molecular weight excluding hydrogens is 1030 g/mol. The van der Waals surface area contributed by atoms with E-state index >= 15 is 0 Å². The van der Waals surface area contributed by atoms with E-state index in [1.807, 2.05) is 84.9 Å². The van der Waals surface area contributed by atoms with Gasteiger partial charge in [-0.2, -0.15) is 12.6 Å². The Hall–Kier alpha value is -8.24. The van der Waals surface area contributed by atoms with Crippen LogP contribution in [0.3, 0.4) is 0 Å². The Labute approximate surface area is 430 Å². The number of nitrogens with zero attached hydrogens (tertiary/aromatic N) is 10. The first-order valence-corrected chi connectivity index (χ1v) is 26.4. The van der Waals surface area contributed by atoms with Gasteiger partial charge in [-0.25, -0.2) is 9.97 Å². The highest BCUT2D eigenvalue weighted by Crippen LogP contribution is 2.33. The molecule has 0 aliphatic rings. The van der Waals surface area contributed by atoms with Crippen molar-refractivity contribution in [2.45, 2.75) is 0 Å². The van der Waals surface area contributed by atoms with Gasteiger partial charge in [0.25, 0.3) is 32.2 Å². The summed E-state index contributed by atoms with van der Waals surface area (Å²) in [7, 11) is -1.13. The Balaban J connectivity index is 0.982. The van der Waals surface area contributed by atoms with Gasteiger partial charge in [0.1, 0.15) is 0 Å². The molecule has 1 atom stereocenters. The smallest absolute Gasteiger partial charge is 0.340 e. The molecule has 10 rings (SSSR count). The number of tetrazole rings is 2. The van der Waals surface area contributed by atoms with Crippen molar-refractivity contribution in [3.63, 3.8) is 0 Å². The molecule has 0 bridgehead atoms. The molecule has 0 fully saturated rings. The van der Waals surface area contributed by atoms with Gasteiger partial charge in [-0.05, 0) is 140 Å². The molecule has 0 radical (unpaired) electrons. The second-order valence-electron chi connectivity index (χ2n) is 15.9. The van der Waals surface area contributed by atoms with Gasteiger partial charge in [-0.15, -0.1) is 0 Å². The topological polar surface area (TPSA) is 273 Å². The van der Waals surface area contributed by atoms with Gasteiger partial charge in [0.05, 0.1) is 68.3 Å². The molecule has 0 spiro atoms. The number of rotatable bonds is 18. The van der Waals surface area contributed by atoms with Crippen molar-refractivity contribution in [3.05, 3.63) is 145 Å². The predicted octanol–water partition coefficient (Wildman–Crippen LogP) is 5.14. The summed E-state index contributed by atoms with van der Waals surface area (Å²) in [5, 5.41) is 25.8. The molecule has 6 aromatic carbocycles. The number of carbonyl (C=O) groups is 2. The van der Waals surface area contributed by atoms with Crippen molar-refractivity contribution in [1.82, 2.24) is 50.6 Å². The lowest BCUT2D eigenvalue weighted by Gasteiger charge is -2.10. The van der Waals surface area contributed by atoms with E-state index in [2.05, 4.69) is 14.8 Å². The van der Waals surface area contributed by atoms with Crippen molar-refractivity contribution in [3.8, 4) is 67.0 Å². The number of thiazole rings is 2. The summed E-state index contributed by atoms with van der Waals surface area (Å²) in [6.07, 6.45) is 0. The summed E-state index contributed by atoms with van der Waals surface area (Å²) >= 11 is 0.419. The molecule has 0 saturated carbocycles. The Bertz CT molecular complexity index is 3810. The van der Waals surface area contributed by atoms with Gasteiger partial charge in [0, 0.05) is 33.8 Å². The summed E-state index contributed by atoms with van der Waals surface area (Å²) in [6, 6.07) is 39.9. The molecule has 74 heavy (non-hydrogen) atoms. The summed E-state index contributed by atoms with van der Waals surface area (Å²) in [6.45, 7) is -0.358. The highest BCUT2D eigenvalue weighted by atomic mass is 32.2. The van der Waals surface area contributed by atoms with Crippen LogP contribution >= 0.6 is 22.7 Å². The van der Waals surface area contributed by atoms with Gasteiger partial charge >= 0.3 is 23.0 Å². The third kappa shape index (κ3) is 10.6. The maximum atomic E-state index is 12.8. The van der Waals surface area contributed by atoms with Crippen LogP contribution < -0.4 is 29.7 Å². The molecule has 0 aliphatic heterocycles. The second-order valence-corrected chi connectivity index (χ2v) is 20.2. The molecule has 0 saturated heterocycles. The maximum absolute atomic E-state index is 12.8. The van der Waals surface area contributed by atoms with E-state index in [-0.39, 0.29) is 25.3 Å². The number of fused-ring (bicyclic) bond motifs is 2. The normalized spacial score (nSPS) is 12.0. The van der Waals surface area contributed by atoms with Crippen molar-refractivity contribution in [2.24, 2.45) is 0 Å². The zero-order valence-electron chi connectivity index (χ0n) is 38.8. The molecule has 26 heteroatoms. The quantitative estimate of drug-likeness (QED) is 0.0375. The predicted molar refractivity (Wildman–Crippen MR) is 273 cm³/mol. The van der Waals surface area contributed by atoms with Gasteiger partial charge in [-0.1, -0.05) is 46.9 Å². The van der Waals surface area contributed by atoms with Crippen molar-refractivity contribution >= 4 is 76.4 Å². The van der Waals surface area contributed by atoms with Crippen LogP contribution in [-0.2, 0) is 25.7 Å². The van der Waals surface area contributed by atoms with Gasteiger partial charge in [0.2, 0.25) is 11.4 Å². The Kier molecular flexibility index (Phi) is 14.1. The number of hydrogen-bond donors (Lipinski definition) is 4. The van der Waals surface area contributed by atoms with Crippen LogP contribution in [0.4, 0.5) is 0 Å². The fourth-order valence-electron chi connectivity index (χ4n) is 7.61. The number of nitrogens with one attached hydrogen (secondary N) is 2. The summed E-state index contributed by atoms with van der Waals surface area (Å²) in [5.74, 6) is 0.00422. The summed E-state index contributed by atoms with van der Waals surface area (Å²) in [4.78, 5) is 41.6. The Morgan fingerprint density at radius 2 is 1.07 bits per heavy atom. The first kappa shape index (κ1) is 49.3. The molecule has 22 nitrogen and oxygen atoms in total. The van der Waals surface area contributed by atoms with Crippen LogP contribution in [0.1, 0.15) is 20.7 Å². The number of benzene rings is 6. The average molecular weight is 1070 g/mol. The number of ether oxygens (including phenoxy) is 2. The van der Waals surface area contributed by atoms with E-state index in [4.69, 9.17) is 48.9 Å². The number of amides is 2. The van der Waals surface area contributed by atoms with Crippen LogP contribution in [0, 0.1) is 0 Å². The second kappa shape index (κ2) is 21.1. The molecule has 1 unspecified atom stereocenters. The average Bonchev–Trinajstić information content (AvgIpc) is 4.24. The lowest BCUT2D eigenvalue weighted by atomic mass is 10.0.